The summed E-state index contributed by atoms with van der Waals surface area (Å²) < 4.78 is 0. The highest BCUT2D eigenvalue weighted by Gasteiger charge is 2.17. The van der Waals surface area contributed by atoms with Crippen LogP contribution in [0, 0.1) is 0 Å². The van der Waals surface area contributed by atoms with Crippen LogP contribution in [0.15, 0.2) is 103 Å². The number of hydrogen-bond acceptors (Lipinski definition) is 1. The van der Waals surface area contributed by atoms with Gasteiger partial charge in [0.2, 0.25) is 5.91 Å². The molecule has 28 heavy (non-hydrogen) atoms. The highest BCUT2D eigenvalue weighted by molar-refractivity contribution is 5.83. The molecule has 0 radical (unpaired) electrons. The maximum atomic E-state index is 12.7. The Balaban J connectivity index is 1.47. The molecule has 0 fully saturated rings. The molecule has 0 heterocycles. The molecule has 0 atom stereocenters. The minimum absolute atomic E-state index is 0.0546. The van der Waals surface area contributed by atoms with E-state index in [1.165, 1.54) is 10.8 Å². The van der Waals surface area contributed by atoms with Gasteiger partial charge in [-0.3, -0.25) is 4.79 Å². The molecular formula is C26H23NO. The minimum Gasteiger partial charge on any atom is -0.352 e. The topological polar surface area (TPSA) is 29.1 Å². The van der Waals surface area contributed by atoms with Gasteiger partial charge in [0.25, 0.3) is 0 Å². The normalized spacial score (nSPS) is 10.9. The second kappa shape index (κ2) is 8.53. The lowest BCUT2D eigenvalue weighted by Gasteiger charge is -2.18. The van der Waals surface area contributed by atoms with Crippen molar-refractivity contribution in [3.63, 3.8) is 0 Å². The van der Waals surface area contributed by atoms with Crippen LogP contribution < -0.4 is 5.32 Å². The highest BCUT2D eigenvalue weighted by Crippen LogP contribution is 2.27. The zero-order valence-corrected chi connectivity index (χ0v) is 15.7. The zero-order valence-electron chi connectivity index (χ0n) is 15.7. The van der Waals surface area contributed by atoms with Crippen LogP contribution in [0.5, 0.6) is 0 Å². The summed E-state index contributed by atoms with van der Waals surface area (Å²) in [6.45, 7) is 0.542. The van der Waals surface area contributed by atoms with Gasteiger partial charge in [-0.05, 0) is 33.5 Å². The number of nitrogens with one attached hydrogen (secondary N) is 1. The van der Waals surface area contributed by atoms with Crippen molar-refractivity contribution in [2.75, 3.05) is 0 Å². The van der Waals surface area contributed by atoms with E-state index < -0.39 is 0 Å². The average Bonchev–Trinajstić information content (AvgIpc) is 2.77. The number of hydrogen-bond donors (Lipinski definition) is 1. The van der Waals surface area contributed by atoms with Gasteiger partial charge in [-0.1, -0.05) is 97.1 Å². The maximum Gasteiger partial charge on any atom is 0.221 e. The van der Waals surface area contributed by atoms with Crippen LogP contribution in [-0.2, 0) is 11.3 Å². The van der Waals surface area contributed by atoms with E-state index in [4.69, 9.17) is 0 Å². The van der Waals surface area contributed by atoms with E-state index in [-0.39, 0.29) is 11.8 Å². The molecule has 1 N–H and O–H groups in total. The van der Waals surface area contributed by atoms with Crippen molar-refractivity contribution in [3.8, 4) is 0 Å². The molecule has 0 spiro atoms. The Morgan fingerprint density at radius 1 is 0.679 bits per heavy atom. The monoisotopic (exact) mass is 365 g/mol. The van der Waals surface area contributed by atoms with Crippen LogP contribution in [0.1, 0.15) is 29.0 Å². The van der Waals surface area contributed by atoms with Crippen molar-refractivity contribution >= 4 is 16.7 Å². The lowest BCUT2D eigenvalue weighted by Crippen LogP contribution is -2.25. The fraction of sp³-hybridized carbons (Fsp3) is 0.115. The summed E-state index contributed by atoms with van der Waals surface area (Å²) in [6, 6.07) is 35.1. The fourth-order valence-corrected chi connectivity index (χ4v) is 3.61. The van der Waals surface area contributed by atoms with E-state index in [9.17, 15) is 4.79 Å². The molecule has 138 valence electrons. The van der Waals surface area contributed by atoms with E-state index in [1.807, 2.05) is 48.5 Å². The maximum absolute atomic E-state index is 12.7. The van der Waals surface area contributed by atoms with Gasteiger partial charge in [0.15, 0.2) is 0 Å². The Hall–Kier alpha value is -3.39. The third kappa shape index (κ3) is 4.29. The van der Waals surface area contributed by atoms with Gasteiger partial charge in [-0.25, -0.2) is 0 Å². The van der Waals surface area contributed by atoms with Gasteiger partial charge >= 0.3 is 0 Å². The summed E-state index contributed by atoms with van der Waals surface area (Å²) in [7, 11) is 0. The van der Waals surface area contributed by atoms with Gasteiger partial charge < -0.3 is 5.32 Å². The number of rotatable bonds is 6. The molecule has 0 saturated heterocycles. The molecule has 0 aromatic heterocycles. The van der Waals surface area contributed by atoms with Crippen LogP contribution in [0.3, 0.4) is 0 Å². The molecule has 0 aliphatic rings. The van der Waals surface area contributed by atoms with Crippen LogP contribution in [0.2, 0.25) is 0 Å². The first-order valence-corrected chi connectivity index (χ1v) is 9.64. The zero-order chi connectivity index (χ0) is 19.2. The first kappa shape index (κ1) is 18.0. The summed E-state index contributed by atoms with van der Waals surface area (Å²) in [6.07, 6.45) is 0.432. The third-order valence-electron chi connectivity index (χ3n) is 5.10. The van der Waals surface area contributed by atoms with E-state index in [0.717, 1.165) is 16.7 Å². The van der Waals surface area contributed by atoms with E-state index in [2.05, 4.69) is 59.9 Å². The van der Waals surface area contributed by atoms with Crippen LogP contribution in [0.4, 0.5) is 0 Å². The molecular weight excluding hydrogens is 342 g/mol. The predicted molar refractivity (Wildman–Crippen MR) is 115 cm³/mol. The first-order valence-electron chi connectivity index (χ1n) is 9.64. The quantitative estimate of drug-likeness (QED) is 0.468. The fourth-order valence-electron chi connectivity index (χ4n) is 3.61. The second-order valence-electron chi connectivity index (χ2n) is 7.04. The molecule has 4 aromatic carbocycles. The molecule has 4 aromatic rings. The Kier molecular flexibility index (Phi) is 5.48. The van der Waals surface area contributed by atoms with E-state index in [1.54, 1.807) is 0 Å². The lowest BCUT2D eigenvalue weighted by atomic mass is 9.88. The Morgan fingerprint density at radius 2 is 1.25 bits per heavy atom. The summed E-state index contributed by atoms with van der Waals surface area (Å²) in [5.41, 5.74) is 3.44. The molecule has 0 unspecified atom stereocenters. The van der Waals surface area contributed by atoms with Gasteiger partial charge in [-0.2, -0.15) is 0 Å². The number of amides is 1. The summed E-state index contributed by atoms with van der Waals surface area (Å²) in [5, 5.41) is 5.50. The summed E-state index contributed by atoms with van der Waals surface area (Å²) in [4.78, 5) is 12.7. The van der Waals surface area contributed by atoms with Crippen molar-refractivity contribution in [1.29, 1.82) is 0 Å². The van der Waals surface area contributed by atoms with Crippen molar-refractivity contribution in [2.24, 2.45) is 0 Å². The SMILES string of the molecule is O=C(CC(c1ccccc1)c1ccccc1)NCc1ccc2ccccc2c1. The molecule has 4 rings (SSSR count). The molecule has 1 amide bonds. The predicted octanol–water partition coefficient (Wildman–Crippen LogP) is 5.68. The Morgan fingerprint density at radius 3 is 1.89 bits per heavy atom. The van der Waals surface area contributed by atoms with E-state index >= 15 is 0 Å². The second-order valence-corrected chi connectivity index (χ2v) is 7.04. The standard InChI is InChI=1S/C26H23NO/c28-26(27-19-20-15-16-21-9-7-8-14-24(21)17-20)18-25(22-10-3-1-4-11-22)23-12-5-2-6-13-23/h1-17,25H,18-19H2,(H,27,28). The molecule has 0 aliphatic heterocycles. The van der Waals surface area contributed by atoms with Gasteiger partial charge in [0.05, 0.1) is 0 Å². The molecule has 0 aliphatic carbocycles. The smallest absolute Gasteiger partial charge is 0.221 e. The van der Waals surface area contributed by atoms with Gasteiger partial charge in [-0.15, -0.1) is 0 Å². The van der Waals surface area contributed by atoms with Crippen molar-refractivity contribution in [2.45, 2.75) is 18.9 Å². The number of fused-ring (bicyclic) bond motifs is 1. The van der Waals surface area contributed by atoms with Crippen LogP contribution in [0.25, 0.3) is 10.8 Å². The van der Waals surface area contributed by atoms with Crippen molar-refractivity contribution in [1.82, 2.24) is 5.32 Å². The summed E-state index contributed by atoms with van der Waals surface area (Å²) >= 11 is 0. The molecule has 0 bridgehead atoms. The molecule has 2 nitrogen and oxygen atoms in total. The van der Waals surface area contributed by atoms with Crippen LogP contribution >= 0.6 is 0 Å². The van der Waals surface area contributed by atoms with Crippen molar-refractivity contribution < 1.29 is 4.79 Å². The van der Waals surface area contributed by atoms with Gasteiger partial charge in [0, 0.05) is 18.9 Å². The number of carbonyl (C=O) groups is 1. The average molecular weight is 365 g/mol. The molecule has 2 heteroatoms. The lowest BCUT2D eigenvalue weighted by molar-refractivity contribution is -0.121. The van der Waals surface area contributed by atoms with E-state index in [0.29, 0.717) is 13.0 Å². The van der Waals surface area contributed by atoms with Crippen LogP contribution in [-0.4, -0.2) is 5.91 Å². The van der Waals surface area contributed by atoms with Gasteiger partial charge in [0.1, 0.15) is 0 Å². The highest BCUT2D eigenvalue weighted by atomic mass is 16.1. The van der Waals surface area contributed by atoms with Crippen molar-refractivity contribution in [3.05, 3.63) is 120 Å². The number of carbonyl (C=O) groups excluding carboxylic acids is 1. The number of benzene rings is 4. The summed E-state index contributed by atoms with van der Waals surface area (Å²) in [5.74, 6) is 0.116. The Labute approximate surface area is 165 Å². The largest absolute Gasteiger partial charge is 0.352 e. The third-order valence-corrected chi connectivity index (χ3v) is 5.10. The first-order chi connectivity index (χ1) is 13.8. The molecule has 0 saturated carbocycles. The Bertz CT molecular complexity index is 1020. The minimum atomic E-state index is 0.0546.